The van der Waals surface area contributed by atoms with Crippen LogP contribution in [0.15, 0.2) is 18.2 Å². The number of nitrogens with two attached hydrogens (primary N) is 1. The van der Waals surface area contributed by atoms with Crippen molar-refractivity contribution in [3.05, 3.63) is 24.0 Å². The summed E-state index contributed by atoms with van der Waals surface area (Å²) in [6.45, 7) is 0. The fourth-order valence-corrected chi connectivity index (χ4v) is 0.883. The van der Waals surface area contributed by atoms with Gasteiger partial charge in [-0.3, -0.25) is 0 Å². The first kappa shape index (κ1) is 7.85. The van der Waals surface area contributed by atoms with E-state index in [1.165, 1.54) is 0 Å². The van der Waals surface area contributed by atoms with Gasteiger partial charge in [-0.15, -0.1) is 0 Å². The smallest absolute Gasteiger partial charge is 0.169 e. The van der Waals surface area contributed by atoms with E-state index in [2.05, 4.69) is 0 Å². The van der Waals surface area contributed by atoms with E-state index in [0.717, 1.165) is 0 Å². The number of nitrogens with zero attached hydrogens (tertiary/aromatic N) is 1. The van der Waals surface area contributed by atoms with Gasteiger partial charge < -0.3 is 10.6 Å². The van der Waals surface area contributed by atoms with Gasteiger partial charge in [-0.2, -0.15) is 0 Å². The summed E-state index contributed by atoms with van der Waals surface area (Å²) in [5.41, 5.74) is 6.07. The van der Waals surface area contributed by atoms with Crippen molar-refractivity contribution in [1.82, 2.24) is 0 Å². The second-order valence-electron chi connectivity index (χ2n) is 2.57. The Bertz CT molecular complexity index is 258. The highest BCUT2D eigenvalue weighted by atomic mass is 19.1. The first-order valence-electron chi connectivity index (χ1n) is 3.34. The first-order valence-corrected chi connectivity index (χ1v) is 3.34. The highest BCUT2D eigenvalue weighted by Gasteiger charge is 2.05. The van der Waals surface area contributed by atoms with Crippen molar-refractivity contribution in [2.24, 2.45) is 0 Å². The van der Waals surface area contributed by atoms with Crippen molar-refractivity contribution >= 4 is 11.4 Å². The monoisotopic (exact) mass is 154 g/mol. The van der Waals surface area contributed by atoms with Crippen LogP contribution in [0.2, 0.25) is 0 Å². The fourth-order valence-electron chi connectivity index (χ4n) is 0.883. The van der Waals surface area contributed by atoms with Crippen LogP contribution in [-0.2, 0) is 0 Å². The summed E-state index contributed by atoms with van der Waals surface area (Å²) in [5, 5.41) is 0. The van der Waals surface area contributed by atoms with Gasteiger partial charge in [0.25, 0.3) is 0 Å². The predicted molar refractivity (Wildman–Crippen MR) is 45.1 cm³/mol. The van der Waals surface area contributed by atoms with E-state index in [9.17, 15) is 4.39 Å². The second kappa shape index (κ2) is 2.78. The van der Waals surface area contributed by atoms with E-state index in [4.69, 9.17) is 5.73 Å². The van der Waals surface area contributed by atoms with Gasteiger partial charge in [-0.1, -0.05) is 6.07 Å². The topological polar surface area (TPSA) is 29.3 Å². The maximum atomic E-state index is 13.1. The van der Waals surface area contributed by atoms with Crippen LogP contribution >= 0.6 is 0 Å². The largest absolute Gasteiger partial charge is 0.396 e. The second-order valence-corrected chi connectivity index (χ2v) is 2.57. The Morgan fingerprint density at radius 2 is 2.00 bits per heavy atom. The molecular formula is C8H11FN2. The summed E-state index contributed by atoms with van der Waals surface area (Å²) in [4.78, 5) is 1.69. The molecule has 60 valence electrons. The molecule has 0 aromatic heterocycles. The van der Waals surface area contributed by atoms with E-state index in [1.807, 2.05) is 0 Å². The molecule has 1 rings (SSSR count). The molecule has 0 aliphatic rings. The Hall–Kier alpha value is -1.25. The molecule has 0 radical (unpaired) electrons. The third-order valence-corrected chi connectivity index (χ3v) is 1.49. The number of rotatable bonds is 1. The van der Waals surface area contributed by atoms with Gasteiger partial charge in [-0.25, -0.2) is 4.39 Å². The molecule has 0 saturated carbocycles. The SMILES string of the molecule is CN(C)c1cccc(N)c1F. The van der Waals surface area contributed by atoms with Crippen molar-refractivity contribution in [2.45, 2.75) is 0 Å². The van der Waals surface area contributed by atoms with Gasteiger partial charge in [0, 0.05) is 14.1 Å². The lowest BCUT2D eigenvalue weighted by Gasteiger charge is -2.13. The molecule has 0 aliphatic carbocycles. The van der Waals surface area contributed by atoms with Crippen molar-refractivity contribution in [3.63, 3.8) is 0 Å². The lowest BCUT2D eigenvalue weighted by molar-refractivity contribution is 0.631. The van der Waals surface area contributed by atoms with Crippen LogP contribution in [0.1, 0.15) is 0 Å². The van der Waals surface area contributed by atoms with E-state index >= 15 is 0 Å². The molecule has 2 nitrogen and oxygen atoms in total. The fraction of sp³-hybridized carbons (Fsp3) is 0.250. The van der Waals surface area contributed by atoms with Gasteiger partial charge in [0.1, 0.15) is 0 Å². The Balaban J connectivity index is 3.17. The van der Waals surface area contributed by atoms with E-state index in [-0.39, 0.29) is 11.5 Å². The molecule has 0 bridgehead atoms. The molecular weight excluding hydrogens is 143 g/mol. The number of hydrogen-bond acceptors (Lipinski definition) is 2. The van der Waals surface area contributed by atoms with Crippen LogP contribution < -0.4 is 10.6 Å². The first-order chi connectivity index (χ1) is 5.13. The van der Waals surface area contributed by atoms with E-state index in [1.54, 1.807) is 37.2 Å². The predicted octanol–water partition coefficient (Wildman–Crippen LogP) is 1.47. The quantitative estimate of drug-likeness (QED) is 0.621. The Morgan fingerprint density at radius 3 is 2.45 bits per heavy atom. The van der Waals surface area contributed by atoms with Crippen LogP contribution in [0.3, 0.4) is 0 Å². The maximum absolute atomic E-state index is 13.1. The zero-order chi connectivity index (χ0) is 8.43. The average molecular weight is 154 g/mol. The van der Waals surface area contributed by atoms with Gasteiger partial charge in [0.2, 0.25) is 0 Å². The van der Waals surface area contributed by atoms with Crippen LogP contribution in [0, 0.1) is 5.82 Å². The molecule has 3 heteroatoms. The lowest BCUT2D eigenvalue weighted by Crippen LogP contribution is -2.11. The molecule has 0 aliphatic heterocycles. The Labute approximate surface area is 65.4 Å². The van der Waals surface area contributed by atoms with Gasteiger partial charge in [0.05, 0.1) is 11.4 Å². The van der Waals surface area contributed by atoms with Crippen molar-refractivity contribution < 1.29 is 4.39 Å². The summed E-state index contributed by atoms with van der Waals surface area (Å²) in [7, 11) is 3.55. The number of halogens is 1. The zero-order valence-corrected chi connectivity index (χ0v) is 6.63. The maximum Gasteiger partial charge on any atom is 0.169 e. The van der Waals surface area contributed by atoms with Gasteiger partial charge in [-0.05, 0) is 12.1 Å². The van der Waals surface area contributed by atoms with Crippen LogP contribution in [-0.4, -0.2) is 14.1 Å². The summed E-state index contributed by atoms with van der Waals surface area (Å²) >= 11 is 0. The molecule has 0 spiro atoms. The normalized spacial score (nSPS) is 9.73. The van der Waals surface area contributed by atoms with E-state index < -0.39 is 0 Å². The summed E-state index contributed by atoms with van der Waals surface area (Å²) in [6.07, 6.45) is 0. The minimum atomic E-state index is -0.350. The van der Waals surface area contributed by atoms with Gasteiger partial charge >= 0.3 is 0 Å². The summed E-state index contributed by atoms with van der Waals surface area (Å²) in [5.74, 6) is -0.350. The van der Waals surface area contributed by atoms with E-state index in [0.29, 0.717) is 5.69 Å². The molecule has 11 heavy (non-hydrogen) atoms. The number of anilines is 2. The Kier molecular flexibility index (Phi) is 1.98. The summed E-state index contributed by atoms with van der Waals surface area (Å²) in [6, 6.07) is 4.96. The number of benzene rings is 1. The molecule has 0 unspecified atom stereocenters. The number of nitrogen functional groups attached to an aromatic ring is 1. The van der Waals surface area contributed by atoms with Crippen LogP contribution in [0.25, 0.3) is 0 Å². The van der Waals surface area contributed by atoms with Crippen LogP contribution in [0.4, 0.5) is 15.8 Å². The number of hydrogen-bond donors (Lipinski definition) is 1. The molecule has 1 aromatic rings. The molecule has 0 amide bonds. The molecule has 1 aromatic carbocycles. The summed E-state index contributed by atoms with van der Waals surface area (Å²) < 4.78 is 13.1. The molecule has 2 N–H and O–H groups in total. The van der Waals surface area contributed by atoms with Gasteiger partial charge in [0.15, 0.2) is 5.82 Å². The molecule has 0 fully saturated rings. The highest BCUT2D eigenvalue weighted by Crippen LogP contribution is 2.21. The lowest BCUT2D eigenvalue weighted by atomic mass is 10.2. The highest BCUT2D eigenvalue weighted by molar-refractivity contribution is 5.56. The third-order valence-electron chi connectivity index (χ3n) is 1.49. The van der Waals surface area contributed by atoms with Crippen molar-refractivity contribution in [2.75, 3.05) is 24.7 Å². The van der Waals surface area contributed by atoms with Crippen LogP contribution in [0.5, 0.6) is 0 Å². The third kappa shape index (κ3) is 1.42. The Morgan fingerprint density at radius 1 is 1.36 bits per heavy atom. The minimum absolute atomic E-state index is 0.191. The van der Waals surface area contributed by atoms with Crippen molar-refractivity contribution in [1.29, 1.82) is 0 Å². The molecule has 0 atom stereocenters. The molecule has 0 heterocycles. The van der Waals surface area contributed by atoms with Crippen molar-refractivity contribution in [3.8, 4) is 0 Å². The molecule has 0 saturated heterocycles. The zero-order valence-electron chi connectivity index (χ0n) is 6.63. The standard InChI is InChI=1S/C8H11FN2/c1-11(2)7-5-3-4-6(10)8(7)9/h3-5H,10H2,1-2H3. The minimum Gasteiger partial charge on any atom is -0.396 e. The average Bonchev–Trinajstić information content (AvgIpc) is 1.94.